The first-order valence-corrected chi connectivity index (χ1v) is 9.55. The largest absolute Gasteiger partial charge is 0.393 e. The number of halogens is 3. The number of carbonyl (C=O) groups excluding carboxylic acids is 2. The van der Waals surface area contributed by atoms with Crippen LogP contribution in [0.5, 0.6) is 0 Å². The summed E-state index contributed by atoms with van der Waals surface area (Å²) in [6, 6.07) is 5.84. The minimum Gasteiger partial charge on any atom is -0.393 e. The monoisotopic (exact) mass is 421 g/mol. The number of aromatic nitrogens is 1. The van der Waals surface area contributed by atoms with E-state index in [1.807, 2.05) is 0 Å². The highest BCUT2D eigenvalue weighted by atomic mass is 35.5. The van der Waals surface area contributed by atoms with Crippen LogP contribution in [0.2, 0.25) is 5.02 Å². The summed E-state index contributed by atoms with van der Waals surface area (Å²) in [7, 11) is 0. The topological polar surface area (TPSA) is 73.7 Å². The van der Waals surface area contributed by atoms with Crippen molar-refractivity contribution in [1.82, 2.24) is 9.88 Å². The van der Waals surface area contributed by atoms with Gasteiger partial charge >= 0.3 is 0 Å². The van der Waals surface area contributed by atoms with Crippen molar-refractivity contribution in [1.29, 1.82) is 0 Å². The number of aliphatic hydroxyl groups excluding tert-OH is 1. The normalized spacial score (nSPS) is 24.6. The van der Waals surface area contributed by atoms with Gasteiger partial charge in [0.05, 0.1) is 11.1 Å². The van der Waals surface area contributed by atoms with Crippen LogP contribution in [0.4, 0.5) is 14.6 Å². The molecule has 2 aromatic rings. The zero-order valence-corrected chi connectivity index (χ0v) is 16.0. The first kappa shape index (κ1) is 19.7. The molecular formula is C20H18ClF2N3O3. The number of rotatable bonds is 4. The van der Waals surface area contributed by atoms with Gasteiger partial charge in [-0.15, -0.1) is 0 Å². The number of nitrogens with zero attached hydrogens (tertiary/aromatic N) is 3. The van der Waals surface area contributed by atoms with Crippen LogP contribution in [0.1, 0.15) is 18.4 Å². The zero-order chi connectivity index (χ0) is 20.7. The van der Waals surface area contributed by atoms with Gasteiger partial charge in [0.2, 0.25) is 5.91 Å². The van der Waals surface area contributed by atoms with Crippen LogP contribution < -0.4 is 4.90 Å². The molecule has 2 aliphatic rings. The van der Waals surface area contributed by atoms with Gasteiger partial charge in [0.25, 0.3) is 5.91 Å². The Morgan fingerprint density at radius 2 is 1.86 bits per heavy atom. The van der Waals surface area contributed by atoms with E-state index in [4.69, 9.17) is 11.6 Å². The summed E-state index contributed by atoms with van der Waals surface area (Å²) in [5.74, 6) is -2.53. The maximum absolute atomic E-state index is 14.4. The predicted molar refractivity (Wildman–Crippen MR) is 101 cm³/mol. The minimum atomic E-state index is -0.860. The Morgan fingerprint density at radius 3 is 2.48 bits per heavy atom. The van der Waals surface area contributed by atoms with E-state index in [1.165, 1.54) is 23.2 Å². The summed E-state index contributed by atoms with van der Waals surface area (Å²) in [5.41, 5.74) is 0.668. The van der Waals surface area contributed by atoms with Crippen molar-refractivity contribution in [2.45, 2.75) is 31.5 Å². The summed E-state index contributed by atoms with van der Waals surface area (Å²) >= 11 is 5.74. The summed E-state index contributed by atoms with van der Waals surface area (Å²) in [6.07, 6.45) is 1.42. The van der Waals surface area contributed by atoms with E-state index in [-0.39, 0.29) is 35.8 Å². The van der Waals surface area contributed by atoms with Crippen LogP contribution in [0.3, 0.4) is 0 Å². The van der Waals surface area contributed by atoms with Crippen LogP contribution in [0.15, 0.2) is 36.5 Å². The Labute approximate surface area is 170 Å². The molecule has 2 heterocycles. The van der Waals surface area contributed by atoms with Crippen LogP contribution in [0.25, 0.3) is 0 Å². The minimum absolute atomic E-state index is 0.0821. The first-order valence-electron chi connectivity index (χ1n) is 9.18. The number of hydrogen-bond donors (Lipinski definition) is 1. The van der Waals surface area contributed by atoms with Crippen LogP contribution in [-0.4, -0.2) is 45.5 Å². The molecule has 0 radical (unpaired) electrons. The summed E-state index contributed by atoms with van der Waals surface area (Å²) in [5, 5.41) is 9.79. The second kappa shape index (κ2) is 7.68. The van der Waals surface area contributed by atoms with Crippen molar-refractivity contribution in [3.05, 3.63) is 58.7 Å². The predicted octanol–water partition coefficient (Wildman–Crippen LogP) is 2.53. The smallest absolute Gasteiger partial charge is 0.251 e. The maximum Gasteiger partial charge on any atom is 0.251 e. The summed E-state index contributed by atoms with van der Waals surface area (Å²) in [6.45, 7) is -0.246. The van der Waals surface area contributed by atoms with Gasteiger partial charge in [0.1, 0.15) is 18.4 Å². The van der Waals surface area contributed by atoms with Gasteiger partial charge in [0, 0.05) is 12.7 Å². The van der Waals surface area contributed by atoms with Crippen molar-refractivity contribution in [2.75, 3.05) is 11.4 Å². The molecule has 1 aromatic carbocycles. The number of amides is 2. The molecule has 1 atom stereocenters. The molecular weight excluding hydrogens is 404 g/mol. The Hall–Kier alpha value is -2.58. The van der Waals surface area contributed by atoms with E-state index in [0.29, 0.717) is 18.4 Å². The van der Waals surface area contributed by atoms with Crippen molar-refractivity contribution in [3.63, 3.8) is 0 Å². The second-order valence-electron chi connectivity index (χ2n) is 7.36. The van der Waals surface area contributed by atoms with Gasteiger partial charge in [-0.3, -0.25) is 14.5 Å². The molecule has 29 heavy (non-hydrogen) atoms. The third kappa shape index (κ3) is 3.82. The Kier molecular flexibility index (Phi) is 5.23. The molecule has 6 nitrogen and oxygen atoms in total. The van der Waals surface area contributed by atoms with Gasteiger partial charge in [0.15, 0.2) is 11.6 Å². The quantitative estimate of drug-likeness (QED) is 0.823. The molecule has 4 rings (SSSR count). The van der Waals surface area contributed by atoms with Crippen LogP contribution in [-0.2, 0) is 16.1 Å². The fourth-order valence-electron chi connectivity index (χ4n) is 3.85. The van der Waals surface area contributed by atoms with Gasteiger partial charge in [-0.05, 0) is 42.5 Å². The molecule has 9 heteroatoms. The molecule has 1 saturated heterocycles. The van der Waals surface area contributed by atoms with E-state index in [9.17, 15) is 23.5 Å². The van der Waals surface area contributed by atoms with Crippen molar-refractivity contribution in [3.8, 4) is 0 Å². The highest BCUT2D eigenvalue weighted by molar-refractivity contribution is 6.30. The Morgan fingerprint density at radius 1 is 1.17 bits per heavy atom. The van der Waals surface area contributed by atoms with Crippen LogP contribution in [0, 0.1) is 17.6 Å². The number of piperazine rings is 1. The Bertz CT molecular complexity index is 950. The molecule has 1 aliphatic heterocycles. The van der Waals surface area contributed by atoms with Gasteiger partial charge in [-0.25, -0.2) is 13.8 Å². The third-order valence-corrected chi connectivity index (χ3v) is 5.58. The molecule has 2 amide bonds. The van der Waals surface area contributed by atoms with Gasteiger partial charge < -0.3 is 10.0 Å². The van der Waals surface area contributed by atoms with E-state index in [2.05, 4.69) is 4.98 Å². The second-order valence-corrected chi connectivity index (χ2v) is 7.80. The molecule has 1 N–H and O–H groups in total. The Balaban J connectivity index is 1.65. The molecule has 1 saturated carbocycles. The van der Waals surface area contributed by atoms with Crippen molar-refractivity contribution in [2.24, 2.45) is 5.92 Å². The highest BCUT2D eigenvalue weighted by Crippen LogP contribution is 2.37. The molecule has 1 unspecified atom stereocenters. The number of carbonyl (C=O) groups is 2. The number of pyridine rings is 1. The highest BCUT2D eigenvalue weighted by Gasteiger charge is 2.48. The molecule has 1 aromatic heterocycles. The number of benzene rings is 1. The average molecular weight is 422 g/mol. The summed E-state index contributed by atoms with van der Waals surface area (Å²) < 4.78 is 27.6. The number of hydrogen-bond acceptors (Lipinski definition) is 4. The fourth-order valence-corrected chi connectivity index (χ4v) is 4.00. The molecule has 0 bridgehead atoms. The van der Waals surface area contributed by atoms with Crippen LogP contribution >= 0.6 is 11.6 Å². The van der Waals surface area contributed by atoms with Gasteiger partial charge in [-0.2, -0.15) is 0 Å². The standard InChI is InChI=1S/C20H18ClF2N3O3/c21-13-7-16(23)19(24-8-13)26-10-17(28)25(9-11-1-3-14(22)4-2-11)18(20(26)29)12-5-15(27)6-12/h1-4,7-8,12,15,18,27H,5-6,9-10H2/t12-,15+,18?. The lowest BCUT2D eigenvalue weighted by Crippen LogP contribution is -2.64. The lowest BCUT2D eigenvalue weighted by Gasteiger charge is -2.47. The van der Waals surface area contributed by atoms with E-state index in [0.717, 1.165) is 11.0 Å². The SMILES string of the molecule is O=C1C([C@H]2C[C@@H](O)C2)N(Cc2ccc(F)cc2)C(=O)CN1c1ncc(Cl)cc1F. The molecule has 152 valence electrons. The van der Waals surface area contributed by atoms with Gasteiger partial charge in [-0.1, -0.05) is 23.7 Å². The summed E-state index contributed by atoms with van der Waals surface area (Å²) in [4.78, 5) is 32.5. The lowest BCUT2D eigenvalue weighted by atomic mass is 9.75. The first-order chi connectivity index (χ1) is 13.8. The molecule has 2 fully saturated rings. The number of aliphatic hydroxyl groups is 1. The van der Waals surface area contributed by atoms with E-state index < -0.39 is 29.7 Å². The van der Waals surface area contributed by atoms with Crippen molar-refractivity contribution < 1.29 is 23.5 Å². The fraction of sp³-hybridized carbons (Fsp3) is 0.350. The van der Waals surface area contributed by atoms with E-state index in [1.54, 1.807) is 12.1 Å². The van der Waals surface area contributed by atoms with Crippen molar-refractivity contribution >= 4 is 29.2 Å². The molecule has 1 aliphatic carbocycles. The lowest BCUT2D eigenvalue weighted by molar-refractivity contribution is -0.149. The van der Waals surface area contributed by atoms with E-state index >= 15 is 0 Å². The molecule has 0 spiro atoms. The number of anilines is 1. The maximum atomic E-state index is 14.4. The average Bonchev–Trinajstić information content (AvgIpc) is 2.65. The third-order valence-electron chi connectivity index (χ3n) is 5.37. The zero-order valence-electron chi connectivity index (χ0n) is 15.3.